The fraction of sp³-hybridized carbons (Fsp3) is 0.421. The Kier molecular flexibility index (Phi) is 14.0. The molecule has 0 unspecified atom stereocenters. The minimum Gasteiger partial charge on any atom is -0.482 e. The molecule has 4 aliphatic rings. The molecule has 1 aromatic heterocycles. The minimum absolute atomic E-state index is 0.0143. The second-order valence-electron chi connectivity index (χ2n) is 19.3. The summed E-state index contributed by atoms with van der Waals surface area (Å²) in [6, 6.07) is 29.1. The molecule has 0 radical (unpaired) electrons. The molecule has 3 N–H and O–H groups in total. The topological polar surface area (TPSA) is 162 Å². The predicted octanol–water partition coefficient (Wildman–Crippen LogP) is 8.60. The van der Waals surface area contributed by atoms with Crippen molar-refractivity contribution in [2.24, 2.45) is 5.92 Å². The van der Waals surface area contributed by atoms with E-state index in [1.165, 1.54) is 23.8 Å². The third-order valence-electron chi connectivity index (χ3n) is 14.8. The smallest absolute Gasteiger partial charge is 0.340 e. The number of benzene rings is 4. The van der Waals surface area contributed by atoms with E-state index in [9.17, 15) is 24.9 Å². The summed E-state index contributed by atoms with van der Waals surface area (Å²) in [5.74, 6) is 5.29. The molecular formula is C57H60O11. The number of esters is 2. The van der Waals surface area contributed by atoms with Crippen molar-refractivity contribution in [2.75, 3.05) is 26.9 Å². The molecule has 7 atom stereocenters. The highest BCUT2D eigenvalue weighted by Crippen LogP contribution is 2.51. The number of rotatable bonds is 10. The Balaban J connectivity index is 1.20. The number of hydrogen-bond donors (Lipinski definition) is 3. The molecule has 4 heterocycles. The first kappa shape index (κ1) is 47.1. The van der Waals surface area contributed by atoms with E-state index in [1.807, 2.05) is 6.07 Å². The van der Waals surface area contributed by atoms with Crippen molar-refractivity contribution in [2.45, 2.75) is 120 Å². The normalized spacial score (nSPS) is 24.8. The van der Waals surface area contributed by atoms with E-state index in [0.717, 1.165) is 42.4 Å². The summed E-state index contributed by atoms with van der Waals surface area (Å²) in [5.41, 5.74) is 6.22. The van der Waals surface area contributed by atoms with Gasteiger partial charge in [-0.3, -0.25) is 4.79 Å². The molecule has 1 saturated carbocycles. The lowest BCUT2D eigenvalue weighted by atomic mass is 9.67. The largest absolute Gasteiger partial charge is 0.482 e. The van der Waals surface area contributed by atoms with Gasteiger partial charge in [-0.25, -0.2) is 9.59 Å². The Morgan fingerprint density at radius 1 is 0.912 bits per heavy atom. The lowest BCUT2D eigenvalue weighted by Crippen LogP contribution is -2.54. The van der Waals surface area contributed by atoms with Gasteiger partial charge in [0.1, 0.15) is 11.3 Å². The van der Waals surface area contributed by atoms with Crippen LogP contribution in [0.15, 0.2) is 105 Å². The second kappa shape index (κ2) is 20.3. The standard InChI is InChI=1S/C57H60O11/c1-34(31-59)43-18-15-36-16-19-44-40(27-36)13-7-8-24-57(2)54(67-55(43)62)53(51-48(68-57)22-21-46-47(32-60)50(56(63)66-52(46)51)41(23-25-58)33-64-3)65-49(61)30-42-29-39(17-20-45(42)44)38-14-9-12-37(28-38)26-35-10-5-4-6-11-35/h4-6,9-12,14,16,19,21-22,27-28,39,41-42,45,53-54,58-60H,13,15,17-18,20,23-26,29-33H2,1-3H3/b43-34-/t39-,41+,42+,45-,53+,54-,57+/m0/s1. The SMILES string of the molecule is COC[C@@H](CCO)c1c(CO)c2ccc3c(c2oc1=O)[C@H]1OC(=O)C[C@H]2C[C@@H](c4cccc(Cc5ccccc5)c4)CC[C@@H]2c2ccc4cc2CC#CC[C@@](C)(O3)[C@H]1OC(=O)/C(=C(/C)CO)CC4. The van der Waals surface area contributed by atoms with Crippen molar-refractivity contribution < 1.29 is 48.3 Å². The molecule has 5 aromatic rings. The van der Waals surface area contributed by atoms with E-state index < -0.39 is 47.9 Å². The maximum atomic E-state index is 15.1. The van der Waals surface area contributed by atoms with E-state index in [2.05, 4.69) is 78.6 Å². The summed E-state index contributed by atoms with van der Waals surface area (Å²) >= 11 is 0. The van der Waals surface area contributed by atoms with Crippen LogP contribution in [-0.4, -0.2) is 65.9 Å². The lowest BCUT2D eigenvalue weighted by molar-refractivity contribution is -0.190. The highest BCUT2D eigenvalue weighted by Gasteiger charge is 2.53. The predicted molar refractivity (Wildman–Crippen MR) is 256 cm³/mol. The number of aliphatic hydroxyl groups excluding tert-OH is 3. The fourth-order valence-electron chi connectivity index (χ4n) is 11.3. The summed E-state index contributed by atoms with van der Waals surface area (Å²) in [7, 11) is 1.49. The summed E-state index contributed by atoms with van der Waals surface area (Å²) in [4.78, 5) is 44.0. The first-order valence-corrected chi connectivity index (χ1v) is 23.9. The maximum absolute atomic E-state index is 15.1. The van der Waals surface area contributed by atoms with Crippen molar-refractivity contribution in [1.29, 1.82) is 0 Å². The molecule has 0 amide bonds. The molecule has 1 aliphatic carbocycles. The van der Waals surface area contributed by atoms with Crippen LogP contribution in [0.3, 0.4) is 0 Å². The molecule has 5 bridgehead atoms. The van der Waals surface area contributed by atoms with E-state index in [-0.39, 0.29) is 91.3 Å². The molecular weight excluding hydrogens is 861 g/mol. The van der Waals surface area contributed by atoms with E-state index in [1.54, 1.807) is 26.0 Å². The van der Waals surface area contributed by atoms with Crippen LogP contribution in [0.4, 0.5) is 0 Å². The van der Waals surface area contributed by atoms with Crippen molar-refractivity contribution in [3.05, 3.63) is 157 Å². The molecule has 9 rings (SSSR count). The van der Waals surface area contributed by atoms with E-state index in [4.69, 9.17) is 23.4 Å². The van der Waals surface area contributed by atoms with Gasteiger partial charge in [-0.2, -0.15) is 0 Å². The molecule has 11 nitrogen and oxygen atoms in total. The zero-order chi connectivity index (χ0) is 47.5. The molecule has 11 heteroatoms. The van der Waals surface area contributed by atoms with Crippen LogP contribution in [0.25, 0.3) is 11.0 Å². The van der Waals surface area contributed by atoms with Gasteiger partial charge in [0.05, 0.1) is 31.8 Å². The fourth-order valence-corrected chi connectivity index (χ4v) is 11.3. The molecule has 1 fully saturated rings. The van der Waals surface area contributed by atoms with Crippen LogP contribution >= 0.6 is 0 Å². The van der Waals surface area contributed by atoms with Crippen LogP contribution in [0.1, 0.15) is 133 Å². The Morgan fingerprint density at radius 2 is 1.74 bits per heavy atom. The van der Waals surface area contributed by atoms with Gasteiger partial charge >= 0.3 is 17.6 Å². The van der Waals surface area contributed by atoms with Gasteiger partial charge < -0.3 is 38.7 Å². The van der Waals surface area contributed by atoms with Gasteiger partial charge in [0.15, 0.2) is 17.8 Å². The van der Waals surface area contributed by atoms with Gasteiger partial charge in [0.2, 0.25) is 0 Å². The molecule has 0 spiro atoms. The third-order valence-corrected chi connectivity index (χ3v) is 14.8. The summed E-state index contributed by atoms with van der Waals surface area (Å²) in [5, 5.41) is 31.7. The number of carbonyl (C=O) groups is 2. The third kappa shape index (κ3) is 9.40. The zero-order valence-corrected chi connectivity index (χ0v) is 39.1. The minimum atomic E-state index is -1.39. The quantitative estimate of drug-likeness (QED) is 0.0533. The average Bonchev–Trinajstić information content (AvgIpc) is 3.33. The molecule has 354 valence electrons. The summed E-state index contributed by atoms with van der Waals surface area (Å²) in [6.07, 6.45) is 2.19. The Hall–Kier alpha value is -6.03. The number of carbonyl (C=O) groups excluding carboxylic acids is 2. The van der Waals surface area contributed by atoms with Crippen molar-refractivity contribution in [3.8, 4) is 17.6 Å². The van der Waals surface area contributed by atoms with Crippen molar-refractivity contribution in [1.82, 2.24) is 0 Å². The summed E-state index contributed by atoms with van der Waals surface area (Å²) in [6.45, 7) is 2.41. The average molecular weight is 921 g/mol. The highest BCUT2D eigenvalue weighted by molar-refractivity contribution is 5.90. The zero-order valence-electron chi connectivity index (χ0n) is 39.1. The van der Waals surface area contributed by atoms with Crippen LogP contribution in [0.5, 0.6) is 5.75 Å². The van der Waals surface area contributed by atoms with Crippen molar-refractivity contribution >= 4 is 22.9 Å². The number of hydrogen-bond acceptors (Lipinski definition) is 11. The second-order valence-corrected chi connectivity index (χ2v) is 19.3. The van der Waals surface area contributed by atoms with Crippen LogP contribution in [0.2, 0.25) is 0 Å². The lowest BCUT2D eigenvalue weighted by Gasteiger charge is -2.45. The number of aryl methyl sites for hydroxylation is 1. The number of aliphatic hydroxyl groups is 3. The molecule has 3 aliphatic heterocycles. The summed E-state index contributed by atoms with van der Waals surface area (Å²) < 4.78 is 31.8. The van der Waals surface area contributed by atoms with Crippen LogP contribution in [0, 0.1) is 17.8 Å². The maximum Gasteiger partial charge on any atom is 0.340 e. The van der Waals surface area contributed by atoms with E-state index in [0.29, 0.717) is 29.4 Å². The van der Waals surface area contributed by atoms with Crippen LogP contribution in [-0.2, 0) is 49.7 Å². The van der Waals surface area contributed by atoms with Gasteiger partial charge in [0, 0.05) is 49.0 Å². The molecule has 4 aromatic carbocycles. The van der Waals surface area contributed by atoms with Gasteiger partial charge in [-0.05, 0) is 133 Å². The monoisotopic (exact) mass is 920 g/mol. The Labute approximate surface area is 397 Å². The van der Waals surface area contributed by atoms with Gasteiger partial charge in [-0.15, -0.1) is 0 Å². The molecule has 0 saturated heterocycles. The van der Waals surface area contributed by atoms with Gasteiger partial charge in [-0.1, -0.05) is 84.6 Å². The first-order chi connectivity index (χ1) is 33.0. The Morgan fingerprint density at radius 3 is 2.51 bits per heavy atom. The van der Waals surface area contributed by atoms with Gasteiger partial charge in [0.25, 0.3) is 0 Å². The molecule has 68 heavy (non-hydrogen) atoms. The number of ether oxygens (including phenoxy) is 4. The first-order valence-electron chi connectivity index (χ1n) is 23.9. The number of methoxy groups -OCH3 is 1. The van der Waals surface area contributed by atoms with Crippen LogP contribution < -0.4 is 10.4 Å². The number of fused-ring (bicyclic) bond motifs is 9. The van der Waals surface area contributed by atoms with E-state index >= 15 is 4.79 Å². The highest BCUT2D eigenvalue weighted by atomic mass is 16.6. The Bertz CT molecular complexity index is 2840. The van der Waals surface area contributed by atoms with Crippen molar-refractivity contribution in [3.63, 3.8) is 0 Å².